The minimum absolute atomic E-state index is 0.524. The predicted molar refractivity (Wildman–Crippen MR) is 58.2 cm³/mol. The lowest BCUT2D eigenvalue weighted by molar-refractivity contribution is 0.388. The Morgan fingerprint density at radius 3 is 3.00 bits per heavy atom. The summed E-state index contributed by atoms with van der Waals surface area (Å²) in [6.45, 7) is 2.29. The van der Waals surface area contributed by atoms with Crippen LogP contribution in [0.4, 0.5) is 5.13 Å². The van der Waals surface area contributed by atoms with Gasteiger partial charge in [-0.2, -0.15) is 9.36 Å². The van der Waals surface area contributed by atoms with Crippen molar-refractivity contribution in [3.63, 3.8) is 0 Å². The smallest absolute Gasteiger partial charge is 0.223 e. The van der Waals surface area contributed by atoms with Crippen molar-refractivity contribution in [2.75, 3.05) is 5.32 Å². The first-order valence-electron chi connectivity index (χ1n) is 5.18. The molecule has 1 N–H and O–H groups in total. The molecule has 2 aromatic heterocycles. The molecule has 0 spiro atoms. The minimum Gasteiger partial charge on any atom is -0.353 e. The summed E-state index contributed by atoms with van der Waals surface area (Å²) in [5.41, 5.74) is 0. The van der Waals surface area contributed by atoms with Gasteiger partial charge in [0.1, 0.15) is 5.82 Å². The fraction of sp³-hybridized carbons (Fsp3) is 0.556. The quantitative estimate of drug-likeness (QED) is 0.872. The van der Waals surface area contributed by atoms with Crippen LogP contribution in [0.5, 0.6) is 0 Å². The van der Waals surface area contributed by atoms with Crippen LogP contribution in [0.25, 0.3) is 0 Å². The minimum atomic E-state index is 0.524. The summed E-state index contributed by atoms with van der Waals surface area (Å²) < 4.78 is 9.17. The summed E-state index contributed by atoms with van der Waals surface area (Å²) in [5, 5.41) is 7.75. The lowest BCUT2D eigenvalue weighted by Gasteiger charge is -1.95. The zero-order valence-corrected chi connectivity index (χ0v) is 9.62. The van der Waals surface area contributed by atoms with E-state index in [9.17, 15) is 0 Å². The maximum atomic E-state index is 4.87. The van der Waals surface area contributed by atoms with Gasteiger partial charge in [0.15, 0.2) is 5.82 Å². The lowest BCUT2D eigenvalue weighted by Crippen LogP contribution is -2.00. The molecule has 1 aliphatic carbocycles. The number of hydrogen-bond donors (Lipinski definition) is 1. The molecule has 1 aliphatic rings. The van der Waals surface area contributed by atoms with E-state index in [-0.39, 0.29) is 0 Å². The zero-order chi connectivity index (χ0) is 11.0. The molecule has 1 fully saturated rings. The molecule has 0 atom stereocenters. The highest BCUT2D eigenvalue weighted by Crippen LogP contribution is 2.39. The third-order valence-electron chi connectivity index (χ3n) is 2.35. The molecular formula is C9H11N5OS. The summed E-state index contributed by atoms with van der Waals surface area (Å²) in [6.07, 6.45) is 2.44. The van der Waals surface area contributed by atoms with Crippen LogP contribution in [0.3, 0.4) is 0 Å². The summed E-state index contributed by atoms with van der Waals surface area (Å²) in [6, 6.07) is 0. The van der Waals surface area contributed by atoms with Crippen LogP contribution in [-0.2, 0) is 6.54 Å². The van der Waals surface area contributed by atoms with Crippen molar-refractivity contribution in [3.05, 3.63) is 17.5 Å². The molecule has 0 unspecified atom stereocenters. The molecule has 2 heterocycles. The maximum Gasteiger partial charge on any atom is 0.223 e. The van der Waals surface area contributed by atoms with E-state index in [1.165, 1.54) is 24.4 Å². The fourth-order valence-corrected chi connectivity index (χ4v) is 2.02. The number of anilines is 1. The number of rotatable bonds is 4. The van der Waals surface area contributed by atoms with Crippen molar-refractivity contribution in [2.24, 2.45) is 0 Å². The van der Waals surface area contributed by atoms with Gasteiger partial charge in [0.05, 0.1) is 6.54 Å². The van der Waals surface area contributed by atoms with Gasteiger partial charge in [-0.05, 0) is 12.8 Å². The molecule has 6 nitrogen and oxygen atoms in total. The van der Waals surface area contributed by atoms with Crippen LogP contribution in [0.15, 0.2) is 4.52 Å². The standard InChI is InChI=1S/C9H11N5OS/c1-5-11-7(13-15-5)4-10-9-12-8(14-16-9)6-2-3-6/h6H,2-4H2,1H3,(H,10,12,14). The molecule has 84 valence electrons. The summed E-state index contributed by atoms with van der Waals surface area (Å²) in [5.74, 6) is 2.78. The summed E-state index contributed by atoms with van der Waals surface area (Å²) in [4.78, 5) is 8.50. The van der Waals surface area contributed by atoms with Gasteiger partial charge in [0.25, 0.3) is 0 Å². The van der Waals surface area contributed by atoms with Crippen LogP contribution in [0.1, 0.15) is 36.3 Å². The van der Waals surface area contributed by atoms with Gasteiger partial charge in [-0.3, -0.25) is 0 Å². The van der Waals surface area contributed by atoms with E-state index in [2.05, 4.69) is 24.8 Å². The molecule has 7 heteroatoms. The van der Waals surface area contributed by atoms with Gasteiger partial charge >= 0.3 is 0 Å². The first kappa shape index (κ1) is 9.71. The van der Waals surface area contributed by atoms with Gasteiger partial charge in [-0.25, -0.2) is 4.98 Å². The van der Waals surface area contributed by atoms with Gasteiger partial charge in [0, 0.05) is 24.4 Å². The molecule has 0 amide bonds. The maximum absolute atomic E-state index is 4.87. The van der Waals surface area contributed by atoms with Crippen molar-refractivity contribution in [3.8, 4) is 0 Å². The number of aryl methyl sites for hydroxylation is 1. The third-order valence-corrected chi connectivity index (χ3v) is 3.04. The lowest BCUT2D eigenvalue weighted by atomic mass is 10.4. The van der Waals surface area contributed by atoms with E-state index >= 15 is 0 Å². The predicted octanol–water partition coefficient (Wildman–Crippen LogP) is 1.72. The number of nitrogens with one attached hydrogen (secondary N) is 1. The Labute approximate surface area is 96.3 Å². The van der Waals surface area contributed by atoms with Crippen LogP contribution in [0.2, 0.25) is 0 Å². The highest BCUT2D eigenvalue weighted by Gasteiger charge is 2.27. The van der Waals surface area contributed by atoms with E-state index in [0.29, 0.717) is 24.2 Å². The number of hydrogen-bond acceptors (Lipinski definition) is 7. The highest BCUT2D eigenvalue weighted by molar-refractivity contribution is 7.09. The molecule has 2 aromatic rings. The first-order chi connectivity index (χ1) is 7.81. The van der Waals surface area contributed by atoms with Gasteiger partial charge in [-0.1, -0.05) is 5.16 Å². The van der Waals surface area contributed by atoms with Crippen LogP contribution >= 0.6 is 11.5 Å². The Bertz CT molecular complexity index is 490. The van der Waals surface area contributed by atoms with Crippen LogP contribution < -0.4 is 5.32 Å². The van der Waals surface area contributed by atoms with Crippen molar-refractivity contribution in [2.45, 2.75) is 32.2 Å². The van der Waals surface area contributed by atoms with Crippen molar-refractivity contribution >= 4 is 16.7 Å². The Morgan fingerprint density at radius 2 is 2.31 bits per heavy atom. The Kier molecular flexibility index (Phi) is 2.32. The second kappa shape index (κ2) is 3.82. The molecule has 0 saturated heterocycles. The van der Waals surface area contributed by atoms with Crippen molar-refractivity contribution < 1.29 is 4.52 Å². The largest absolute Gasteiger partial charge is 0.353 e. The second-order valence-electron chi connectivity index (χ2n) is 3.82. The summed E-state index contributed by atoms with van der Waals surface area (Å²) in [7, 11) is 0. The van der Waals surface area contributed by atoms with Gasteiger partial charge in [0.2, 0.25) is 11.0 Å². The van der Waals surface area contributed by atoms with Crippen LogP contribution in [0, 0.1) is 6.92 Å². The SMILES string of the molecule is Cc1nc(CNc2nc(C3CC3)ns2)no1. The van der Waals surface area contributed by atoms with Gasteiger partial charge in [-0.15, -0.1) is 0 Å². The molecule has 16 heavy (non-hydrogen) atoms. The average molecular weight is 237 g/mol. The zero-order valence-electron chi connectivity index (χ0n) is 8.80. The molecule has 0 aliphatic heterocycles. The molecule has 1 saturated carbocycles. The van der Waals surface area contributed by atoms with Gasteiger partial charge < -0.3 is 9.84 Å². The molecule has 3 rings (SSSR count). The van der Waals surface area contributed by atoms with Crippen molar-refractivity contribution in [1.82, 2.24) is 19.5 Å². The fourth-order valence-electron chi connectivity index (χ4n) is 1.38. The van der Waals surface area contributed by atoms with Crippen LogP contribution in [-0.4, -0.2) is 19.5 Å². The normalized spacial score (nSPS) is 15.3. The molecule has 0 bridgehead atoms. The highest BCUT2D eigenvalue weighted by atomic mass is 32.1. The van der Waals surface area contributed by atoms with E-state index < -0.39 is 0 Å². The topological polar surface area (TPSA) is 76.7 Å². The average Bonchev–Trinajstić information content (AvgIpc) is 2.87. The molecule has 0 radical (unpaired) electrons. The Hall–Kier alpha value is -1.50. The van der Waals surface area contributed by atoms with Crippen molar-refractivity contribution in [1.29, 1.82) is 0 Å². The first-order valence-corrected chi connectivity index (χ1v) is 5.95. The van der Waals surface area contributed by atoms with E-state index in [1.54, 1.807) is 6.92 Å². The Balaban J connectivity index is 1.61. The summed E-state index contributed by atoms with van der Waals surface area (Å²) >= 11 is 1.39. The second-order valence-corrected chi connectivity index (χ2v) is 4.57. The van der Waals surface area contributed by atoms with E-state index in [1.807, 2.05) is 0 Å². The number of nitrogens with zero attached hydrogens (tertiary/aromatic N) is 4. The Morgan fingerprint density at radius 1 is 1.44 bits per heavy atom. The molecular weight excluding hydrogens is 226 g/mol. The van der Waals surface area contributed by atoms with E-state index in [4.69, 9.17) is 4.52 Å². The van der Waals surface area contributed by atoms with E-state index in [0.717, 1.165) is 11.0 Å². The molecule has 0 aromatic carbocycles. The monoisotopic (exact) mass is 237 g/mol. The number of aromatic nitrogens is 4. The third kappa shape index (κ3) is 2.04.